The monoisotopic (exact) mass is 232 g/mol. The summed E-state index contributed by atoms with van der Waals surface area (Å²) in [5.74, 6) is -1.20. The van der Waals surface area contributed by atoms with Gasteiger partial charge in [-0.15, -0.1) is 13.2 Å². The smallest absolute Gasteiger partial charge is 0.200 e. The van der Waals surface area contributed by atoms with Crippen LogP contribution in [0.2, 0.25) is 0 Å². The largest absolute Gasteiger partial charge is 0.369 e. The summed E-state index contributed by atoms with van der Waals surface area (Å²) in [7, 11) is -3.01. The quantitative estimate of drug-likeness (QED) is 0.166. The molecule has 0 unspecified atom stereocenters. The molecule has 0 rings (SSSR count). The second kappa shape index (κ2) is 4.77. The highest BCUT2D eigenvalue weighted by molar-refractivity contribution is 8.34. The minimum absolute atomic E-state index is 0.401. The van der Waals surface area contributed by atoms with Crippen LogP contribution in [0.4, 0.5) is 0 Å². The van der Waals surface area contributed by atoms with Gasteiger partial charge in [-0.3, -0.25) is 0 Å². The first-order valence-corrected chi connectivity index (χ1v) is 4.88. The van der Waals surface area contributed by atoms with Crippen molar-refractivity contribution in [2.75, 3.05) is 0 Å². The SMILES string of the molecule is N#CS(N=C(N)N)(N=C(N)N)N=C(N)N. The summed E-state index contributed by atoms with van der Waals surface area (Å²) in [6.45, 7) is 0. The van der Waals surface area contributed by atoms with E-state index in [0.717, 1.165) is 0 Å². The number of rotatable bonds is 3. The Kier molecular flexibility index (Phi) is 4.02. The van der Waals surface area contributed by atoms with E-state index >= 15 is 0 Å². The third-order valence-electron chi connectivity index (χ3n) is 0.821. The van der Waals surface area contributed by atoms with E-state index in [1.54, 1.807) is 5.40 Å². The molecule has 0 bridgehead atoms. The number of thiocyanates is 1. The van der Waals surface area contributed by atoms with Gasteiger partial charge in [0.1, 0.15) is 0 Å². The molecule has 11 heteroatoms. The van der Waals surface area contributed by atoms with E-state index in [1.165, 1.54) is 0 Å². The Bertz CT molecular complexity index is 303. The highest BCUT2D eigenvalue weighted by atomic mass is 32.3. The van der Waals surface area contributed by atoms with Crippen LogP contribution in [0.15, 0.2) is 13.2 Å². The van der Waals surface area contributed by atoms with Crippen LogP contribution < -0.4 is 34.4 Å². The van der Waals surface area contributed by atoms with Crippen molar-refractivity contribution < 1.29 is 0 Å². The van der Waals surface area contributed by atoms with Crippen molar-refractivity contribution in [2.45, 2.75) is 0 Å². The van der Waals surface area contributed by atoms with Crippen LogP contribution in [0.3, 0.4) is 0 Å². The molecule has 0 radical (unpaired) electrons. The highest BCUT2D eigenvalue weighted by Gasteiger charge is 2.22. The van der Waals surface area contributed by atoms with Gasteiger partial charge in [0.25, 0.3) is 0 Å². The average molecular weight is 232 g/mol. The molecule has 0 amide bonds. The fourth-order valence-corrected chi connectivity index (χ4v) is 1.69. The van der Waals surface area contributed by atoms with Crippen LogP contribution in [0.1, 0.15) is 0 Å². The Morgan fingerprint density at radius 3 is 1.20 bits per heavy atom. The number of hydrogen-bond acceptors (Lipinski definition) is 4. The summed E-state index contributed by atoms with van der Waals surface area (Å²) in [6, 6.07) is 0. The zero-order valence-electron chi connectivity index (χ0n) is 7.66. The van der Waals surface area contributed by atoms with Gasteiger partial charge in [0.2, 0.25) is 17.9 Å². The van der Waals surface area contributed by atoms with Gasteiger partial charge in [-0.2, -0.15) is 5.26 Å². The number of guanidine groups is 3. The maximum atomic E-state index is 8.86. The lowest BCUT2D eigenvalue weighted by Gasteiger charge is -2.16. The predicted molar refractivity (Wildman–Crippen MR) is 60.6 cm³/mol. The van der Waals surface area contributed by atoms with Crippen molar-refractivity contribution in [1.29, 1.82) is 5.26 Å². The summed E-state index contributed by atoms with van der Waals surface area (Å²) in [5.41, 5.74) is 30.6. The Morgan fingerprint density at radius 2 is 1.07 bits per heavy atom. The minimum atomic E-state index is -3.01. The Balaban J connectivity index is 5.55. The highest BCUT2D eigenvalue weighted by Crippen LogP contribution is 2.51. The number of nitrogens with zero attached hydrogens (tertiary/aromatic N) is 4. The van der Waals surface area contributed by atoms with Gasteiger partial charge < -0.3 is 34.4 Å². The van der Waals surface area contributed by atoms with Crippen molar-refractivity contribution in [2.24, 2.45) is 47.6 Å². The van der Waals surface area contributed by atoms with Crippen molar-refractivity contribution >= 4 is 28.5 Å². The number of nitrogens with two attached hydrogens (primary N) is 6. The third-order valence-corrected chi connectivity index (χ3v) is 2.46. The van der Waals surface area contributed by atoms with E-state index in [4.69, 9.17) is 39.7 Å². The molecule has 0 aromatic rings. The van der Waals surface area contributed by atoms with E-state index in [0.29, 0.717) is 0 Å². The maximum Gasteiger partial charge on any atom is 0.200 e. The van der Waals surface area contributed by atoms with E-state index in [2.05, 4.69) is 13.2 Å². The second-order valence-electron chi connectivity index (χ2n) is 2.16. The zero-order valence-corrected chi connectivity index (χ0v) is 8.48. The van der Waals surface area contributed by atoms with Gasteiger partial charge in [-0.25, -0.2) is 0 Å². The van der Waals surface area contributed by atoms with E-state index < -0.39 is 28.5 Å². The first-order chi connectivity index (χ1) is 6.81. The first-order valence-electron chi connectivity index (χ1n) is 3.38. The van der Waals surface area contributed by atoms with Crippen LogP contribution in [0.25, 0.3) is 0 Å². The normalized spacial score (nSPS) is 10.6. The van der Waals surface area contributed by atoms with Crippen LogP contribution in [0.5, 0.6) is 0 Å². The lowest BCUT2D eigenvalue weighted by atomic mass is 11.1. The van der Waals surface area contributed by atoms with Crippen molar-refractivity contribution in [3.8, 4) is 5.40 Å². The lowest BCUT2D eigenvalue weighted by Crippen LogP contribution is -2.27. The molecule has 0 aliphatic carbocycles. The molecule has 0 aromatic heterocycles. The minimum Gasteiger partial charge on any atom is -0.369 e. The number of hydrogen-bond donors (Lipinski definition) is 6. The molecule has 10 nitrogen and oxygen atoms in total. The standard InChI is InChI=1S/C4H12N10S/c5-1-15(12-2(6)7,13-3(8)9)14-4(10)11/h(H4,6,7,12)(H4,8,9,13)(H4,10,11,14). The molecule has 0 spiro atoms. The van der Waals surface area contributed by atoms with Crippen LogP contribution in [0, 0.1) is 10.7 Å². The molecule has 0 fully saturated rings. The fourth-order valence-electron chi connectivity index (χ4n) is 0.563. The first kappa shape index (κ1) is 12.7. The second-order valence-corrected chi connectivity index (χ2v) is 3.93. The molecule has 15 heavy (non-hydrogen) atoms. The maximum absolute atomic E-state index is 8.86. The molecule has 0 saturated carbocycles. The van der Waals surface area contributed by atoms with Gasteiger partial charge in [-0.05, 0) is 0 Å². The van der Waals surface area contributed by atoms with E-state index in [9.17, 15) is 0 Å². The van der Waals surface area contributed by atoms with Gasteiger partial charge in [0.15, 0.2) is 16.0 Å². The summed E-state index contributed by atoms with van der Waals surface area (Å²) in [6.07, 6.45) is 0. The van der Waals surface area contributed by atoms with Crippen LogP contribution in [-0.2, 0) is 0 Å². The Morgan fingerprint density at radius 1 is 0.800 bits per heavy atom. The Hall–Kier alpha value is -2.35. The van der Waals surface area contributed by atoms with Crippen LogP contribution in [-0.4, -0.2) is 17.9 Å². The van der Waals surface area contributed by atoms with Crippen molar-refractivity contribution in [3.05, 3.63) is 0 Å². The Labute approximate surface area is 87.4 Å². The molecule has 0 aliphatic heterocycles. The molecule has 0 atom stereocenters. The third kappa shape index (κ3) is 4.43. The zero-order chi connectivity index (χ0) is 12.1. The molecular formula is C4H12N10S. The van der Waals surface area contributed by atoms with Gasteiger partial charge in [0, 0.05) is 0 Å². The summed E-state index contributed by atoms with van der Waals surface area (Å²) in [4.78, 5) is 0. The molecule has 0 aliphatic rings. The van der Waals surface area contributed by atoms with E-state index in [1.807, 2.05) is 0 Å². The summed E-state index contributed by atoms with van der Waals surface area (Å²) >= 11 is 0. The molecule has 84 valence electrons. The van der Waals surface area contributed by atoms with E-state index in [-0.39, 0.29) is 0 Å². The number of nitriles is 1. The lowest BCUT2D eigenvalue weighted by molar-refractivity contribution is 1.44. The molecule has 0 saturated heterocycles. The summed E-state index contributed by atoms with van der Waals surface area (Å²) in [5, 5.41) is 10.5. The fraction of sp³-hybridized carbons (Fsp3) is 0. The van der Waals surface area contributed by atoms with Gasteiger partial charge in [0.05, 0.1) is 0 Å². The predicted octanol–water partition coefficient (Wildman–Crippen LogP) is -3.16. The van der Waals surface area contributed by atoms with Gasteiger partial charge >= 0.3 is 0 Å². The molecule has 12 N–H and O–H groups in total. The van der Waals surface area contributed by atoms with Crippen molar-refractivity contribution in [3.63, 3.8) is 0 Å². The van der Waals surface area contributed by atoms with Crippen molar-refractivity contribution in [1.82, 2.24) is 0 Å². The summed E-state index contributed by atoms with van der Waals surface area (Å²) < 4.78 is 10.5. The average Bonchev–Trinajstić information content (AvgIpc) is 1.99. The topological polar surface area (TPSA) is 217 Å². The molecule has 0 aromatic carbocycles. The van der Waals surface area contributed by atoms with Crippen LogP contribution >= 0.6 is 10.6 Å². The molecule has 0 heterocycles. The molecular weight excluding hydrogens is 220 g/mol. The van der Waals surface area contributed by atoms with Gasteiger partial charge in [-0.1, -0.05) is 0 Å².